The predicted octanol–water partition coefficient (Wildman–Crippen LogP) is 0.341. The molecular formula is C14H27N3O2. The van der Waals surface area contributed by atoms with Crippen molar-refractivity contribution < 1.29 is 9.53 Å². The number of carbonyl (C=O) groups excluding carboxylic acids is 1. The Morgan fingerprint density at radius 2 is 2.11 bits per heavy atom. The Balaban J connectivity index is 1.69. The summed E-state index contributed by atoms with van der Waals surface area (Å²) in [4.78, 5) is 14.6. The molecule has 110 valence electrons. The van der Waals surface area contributed by atoms with Gasteiger partial charge in [-0.1, -0.05) is 13.3 Å². The lowest BCUT2D eigenvalue weighted by atomic mass is 10.0. The lowest BCUT2D eigenvalue weighted by molar-refractivity contribution is -0.126. The number of nitrogens with zero attached hydrogens (tertiary/aromatic N) is 1. The Morgan fingerprint density at radius 3 is 2.68 bits per heavy atom. The summed E-state index contributed by atoms with van der Waals surface area (Å²) >= 11 is 0. The summed E-state index contributed by atoms with van der Waals surface area (Å²) in [5, 5.41) is 3.14. The monoisotopic (exact) mass is 269 g/mol. The van der Waals surface area contributed by atoms with Crippen LogP contribution in [-0.2, 0) is 9.53 Å². The number of hydrogen-bond acceptors (Lipinski definition) is 4. The van der Waals surface area contributed by atoms with E-state index >= 15 is 0 Å². The average Bonchev–Trinajstić information content (AvgIpc) is 2.84. The fourth-order valence-corrected chi connectivity index (χ4v) is 2.83. The number of carbonyl (C=O) groups is 1. The van der Waals surface area contributed by atoms with E-state index in [-0.39, 0.29) is 17.9 Å². The minimum atomic E-state index is -0.155. The lowest BCUT2D eigenvalue weighted by Crippen LogP contribution is -2.49. The van der Waals surface area contributed by atoms with E-state index in [2.05, 4.69) is 17.1 Å². The van der Waals surface area contributed by atoms with Gasteiger partial charge in [-0.25, -0.2) is 0 Å². The van der Waals surface area contributed by atoms with Crippen molar-refractivity contribution in [3.63, 3.8) is 0 Å². The summed E-state index contributed by atoms with van der Waals surface area (Å²) in [5.41, 5.74) is 5.87. The maximum Gasteiger partial charge on any atom is 0.227 e. The molecule has 2 atom stereocenters. The van der Waals surface area contributed by atoms with Gasteiger partial charge in [0.2, 0.25) is 5.91 Å². The highest BCUT2D eigenvalue weighted by molar-refractivity contribution is 5.80. The molecule has 5 heteroatoms. The van der Waals surface area contributed by atoms with Crippen LogP contribution in [0.1, 0.15) is 32.6 Å². The van der Waals surface area contributed by atoms with Gasteiger partial charge in [0.25, 0.3) is 0 Å². The highest BCUT2D eigenvalue weighted by atomic mass is 16.5. The van der Waals surface area contributed by atoms with Crippen LogP contribution in [0.3, 0.4) is 0 Å². The van der Waals surface area contributed by atoms with Crippen LogP contribution in [0, 0.1) is 5.92 Å². The van der Waals surface area contributed by atoms with Gasteiger partial charge in [-0.15, -0.1) is 0 Å². The van der Waals surface area contributed by atoms with Gasteiger partial charge in [0, 0.05) is 25.2 Å². The van der Waals surface area contributed by atoms with E-state index < -0.39 is 0 Å². The Bertz CT molecular complexity index is 290. The topological polar surface area (TPSA) is 67.6 Å². The molecule has 2 rings (SSSR count). The van der Waals surface area contributed by atoms with Crippen LogP contribution in [-0.4, -0.2) is 55.7 Å². The summed E-state index contributed by atoms with van der Waals surface area (Å²) < 4.78 is 5.25. The fourth-order valence-electron chi connectivity index (χ4n) is 2.83. The Labute approximate surface area is 115 Å². The van der Waals surface area contributed by atoms with Crippen molar-refractivity contribution in [1.29, 1.82) is 0 Å². The molecule has 19 heavy (non-hydrogen) atoms. The molecule has 0 aromatic rings. The number of unbranched alkanes of at least 4 members (excludes halogenated alkanes) is 1. The van der Waals surface area contributed by atoms with E-state index in [4.69, 9.17) is 10.5 Å². The molecule has 3 N–H and O–H groups in total. The molecule has 0 radical (unpaired) electrons. The Hall–Kier alpha value is -0.650. The molecular weight excluding hydrogens is 242 g/mol. The van der Waals surface area contributed by atoms with Crippen LogP contribution in [0.15, 0.2) is 0 Å². The number of amides is 1. The fraction of sp³-hybridized carbons (Fsp3) is 0.929. The van der Waals surface area contributed by atoms with E-state index in [1.807, 2.05) is 0 Å². The quantitative estimate of drug-likeness (QED) is 0.755. The summed E-state index contributed by atoms with van der Waals surface area (Å²) in [6, 6.07) is 0.183. The minimum Gasteiger partial charge on any atom is -0.379 e. The zero-order chi connectivity index (χ0) is 13.7. The van der Waals surface area contributed by atoms with Crippen LogP contribution in [0.2, 0.25) is 0 Å². The first kappa shape index (κ1) is 14.8. The summed E-state index contributed by atoms with van der Waals surface area (Å²) in [7, 11) is 0. The molecule has 0 aromatic heterocycles. The number of nitrogens with one attached hydrogen (secondary N) is 1. The third-order valence-electron chi connectivity index (χ3n) is 4.22. The SMILES string of the molecule is CCCCN1CCC(NC(=O)C2COCC2N)CC1. The second kappa shape index (κ2) is 7.22. The number of likely N-dealkylation sites (tertiary alicyclic amines) is 1. The van der Waals surface area contributed by atoms with E-state index in [0.29, 0.717) is 19.3 Å². The normalized spacial score (nSPS) is 29.6. The maximum absolute atomic E-state index is 12.1. The average molecular weight is 269 g/mol. The maximum atomic E-state index is 12.1. The number of rotatable bonds is 5. The summed E-state index contributed by atoms with van der Waals surface area (Å²) in [6.07, 6.45) is 4.62. The van der Waals surface area contributed by atoms with Crippen LogP contribution >= 0.6 is 0 Å². The van der Waals surface area contributed by atoms with E-state index in [1.54, 1.807) is 0 Å². The first-order valence-electron chi connectivity index (χ1n) is 7.56. The Kier molecular flexibility index (Phi) is 5.60. The van der Waals surface area contributed by atoms with Crippen molar-refractivity contribution in [2.24, 2.45) is 11.7 Å². The first-order valence-corrected chi connectivity index (χ1v) is 7.56. The van der Waals surface area contributed by atoms with Crippen LogP contribution < -0.4 is 11.1 Å². The summed E-state index contributed by atoms with van der Waals surface area (Å²) in [6.45, 7) is 6.59. The third kappa shape index (κ3) is 4.16. The molecule has 2 fully saturated rings. The minimum absolute atomic E-state index is 0.0806. The number of piperidine rings is 1. The molecule has 0 spiro atoms. The second-order valence-electron chi connectivity index (χ2n) is 5.79. The molecule has 1 amide bonds. The lowest BCUT2D eigenvalue weighted by Gasteiger charge is -2.32. The van der Waals surface area contributed by atoms with Crippen molar-refractivity contribution >= 4 is 5.91 Å². The molecule has 5 nitrogen and oxygen atoms in total. The van der Waals surface area contributed by atoms with Crippen molar-refractivity contribution in [2.45, 2.75) is 44.7 Å². The summed E-state index contributed by atoms with van der Waals surface area (Å²) in [5.74, 6) is -0.0740. The zero-order valence-corrected chi connectivity index (χ0v) is 11.9. The second-order valence-corrected chi connectivity index (χ2v) is 5.79. The zero-order valence-electron chi connectivity index (χ0n) is 11.9. The van der Waals surface area contributed by atoms with E-state index in [0.717, 1.165) is 25.9 Å². The number of ether oxygens (including phenoxy) is 1. The van der Waals surface area contributed by atoms with Crippen molar-refractivity contribution in [1.82, 2.24) is 10.2 Å². The van der Waals surface area contributed by atoms with E-state index in [1.165, 1.54) is 19.4 Å². The molecule has 0 bridgehead atoms. The van der Waals surface area contributed by atoms with Gasteiger partial charge in [0.05, 0.1) is 19.1 Å². The largest absolute Gasteiger partial charge is 0.379 e. The number of hydrogen-bond donors (Lipinski definition) is 2. The third-order valence-corrected chi connectivity index (χ3v) is 4.22. The molecule has 2 aliphatic heterocycles. The molecule has 0 aliphatic carbocycles. The van der Waals surface area contributed by atoms with Crippen LogP contribution in [0.4, 0.5) is 0 Å². The standard InChI is InChI=1S/C14H27N3O2/c1-2-3-6-17-7-4-11(5-8-17)16-14(18)12-9-19-10-13(12)15/h11-13H,2-10,15H2,1H3,(H,16,18). The smallest absolute Gasteiger partial charge is 0.227 e. The molecule has 2 aliphatic rings. The molecule has 2 saturated heterocycles. The Morgan fingerprint density at radius 1 is 1.37 bits per heavy atom. The molecule has 2 unspecified atom stereocenters. The predicted molar refractivity (Wildman–Crippen MR) is 74.8 cm³/mol. The number of nitrogens with two attached hydrogens (primary N) is 1. The van der Waals surface area contributed by atoms with Crippen molar-refractivity contribution in [3.8, 4) is 0 Å². The van der Waals surface area contributed by atoms with Crippen molar-refractivity contribution in [2.75, 3.05) is 32.8 Å². The van der Waals surface area contributed by atoms with E-state index in [9.17, 15) is 4.79 Å². The molecule has 2 heterocycles. The van der Waals surface area contributed by atoms with Gasteiger partial charge in [0.15, 0.2) is 0 Å². The van der Waals surface area contributed by atoms with Gasteiger partial charge in [-0.2, -0.15) is 0 Å². The molecule has 0 saturated carbocycles. The van der Waals surface area contributed by atoms with Gasteiger partial charge >= 0.3 is 0 Å². The van der Waals surface area contributed by atoms with Crippen molar-refractivity contribution in [3.05, 3.63) is 0 Å². The first-order chi connectivity index (χ1) is 9.20. The van der Waals surface area contributed by atoms with Gasteiger partial charge in [-0.3, -0.25) is 4.79 Å². The van der Waals surface area contributed by atoms with Gasteiger partial charge in [0.1, 0.15) is 0 Å². The van der Waals surface area contributed by atoms with Gasteiger partial charge in [-0.05, 0) is 25.8 Å². The van der Waals surface area contributed by atoms with Crippen LogP contribution in [0.5, 0.6) is 0 Å². The highest BCUT2D eigenvalue weighted by Gasteiger charge is 2.32. The molecule has 0 aromatic carbocycles. The highest BCUT2D eigenvalue weighted by Crippen LogP contribution is 2.15. The van der Waals surface area contributed by atoms with Gasteiger partial charge < -0.3 is 20.7 Å². The van der Waals surface area contributed by atoms with Crippen LogP contribution in [0.25, 0.3) is 0 Å².